The predicted molar refractivity (Wildman–Crippen MR) is 42.8 cm³/mol. The molecule has 0 aliphatic carbocycles. The van der Waals surface area contributed by atoms with Crippen molar-refractivity contribution in [2.75, 3.05) is 0 Å². The van der Waals surface area contributed by atoms with Crippen LogP contribution in [0.3, 0.4) is 0 Å². The molecule has 12 heavy (non-hydrogen) atoms. The van der Waals surface area contributed by atoms with E-state index in [2.05, 4.69) is 6.58 Å². The summed E-state index contributed by atoms with van der Waals surface area (Å²) in [4.78, 5) is 20.3. The van der Waals surface area contributed by atoms with Crippen molar-refractivity contribution in [2.24, 2.45) is 5.92 Å². The normalized spacial score (nSPS) is 12.0. The third-order valence-corrected chi connectivity index (χ3v) is 1.50. The summed E-state index contributed by atoms with van der Waals surface area (Å²) in [7, 11) is 0. The second-order valence-corrected chi connectivity index (χ2v) is 2.53. The van der Waals surface area contributed by atoms with Crippen LogP contribution in [0.1, 0.15) is 19.3 Å². The lowest BCUT2D eigenvalue weighted by molar-refractivity contribution is -0.140. The summed E-state index contributed by atoms with van der Waals surface area (Å²) in [6.45, 7) is 3.44. The molecule has 1 unspecified atom stereocenters. The Bertz CT molecular complexity index is 185. The van der Waals surface area contributed by atoms with Gasteiger partial charge in [0.2, 0.25) is 0 Å². The van der Waals surface area contributed by atoms with Gasteiger partial charge in [0.25, 0.3) is 0 Å². The van der Waals surface area contributed by atoms with Crippen LogP contribution in [0.15, 0.2) is 12.7 Å². The fourth-order valence-corrected chi connectivity index (χ4v) is 0.836. The molecule has 0 aromatic carbocycles. The van der Waals surface area contributed by atoms with Crippen LogP contribution < -0.4 is 0 Å². The lowest BCUT2D eigenvalue weighted by Gasteiger charge is -2.06. The molecule has 0 spiro atoms. The quantitative estimate of drug-likeness (QED) is 0.589. The van der Waals surface area contributed by atoms with E-state index in [1.165, 1.54) is 6.08 Å². The number of carboxylic acids is 2. The molecule has 4 nitrogen and oxygen atoms in total. The molecule has 2 N–H and O–H groups in total. The van der Waals surface area contributed by atoms with Gasteiger partial charge < -0.3 is 10.2 Å². The van der Waals surface area contributed by atoms with E-state index in [-0.39, 0.29) is 18.8 Å². The fourth-order valence-electron chi connectivity index (χ4n) is 0.836. The third kappa shape index (κ3) is 5.46. The molecule has 0 radical (unpaired) electrons. The Morgan fingerprint density at radius 1 is 1.33 bits per heavy atom. The van der Waals surface area contributed by atoms with Gasteiger partial charge in [0.05, 0.1) is 6.42 Å². The van der Waals surface area contributed by atoms with Gasteiger partial charge in [0, 0.05) is 6.42 Å². The van der Waals surface area contributed by atoms with Crippen LogP contribution in [0.2, 0.25) is 0 Å². The molecule has 0 aromatic heterocycles. The summed E-state index contributed by atoms with van der Waals surface area (Å²) < 4.78 is 0. The van der Waals surface area contributed by atoms with Gasteiger partial charge in [0.1, 0.15) is 0 Å². The van der Waals surface area contributed by atoms with Crippen molar-refractivity contribution in [1.82, 2.24) is 0 Å². The van der Waals surface area contributed by atoms with Gasteiger partial charge >= 0.3 is 11.9 Å². The Morgan fingerprint density at radius 2 is 1.92 bits per heavy atom. The zero-order valence-electron chi connectivity index (χ0n) is 6.69. The second kappa shape index (κ2) is 5.35. The topological polar surface area (TPSA) is 74.6 Å². The van der Waals surface area contributed by atoms with Crippen molar-refractivity contribution in [3.8, 4) is 0 Å². The van der Waals surface area contributed by atoms with E-state index in [0.717, 1.165) is 0 Å². The van der Waals surface area contributed by atoms with Gasteiger partial charge in [-0.05, 0) is 12.3 Å². The molecule has 0 amide bonds. The molecule has 1 atom stereocenters. The van der Waals surface area contributed by atoms with Gasteiger partial charge in [-0.3, -0.25) is 9.59 Å². The molecule has 0 aliphatic heterocycles. The van der Waals surface area contributed by atoms with Crippen molar-refractivity contribution >= 4 is 11.9 Å². The highest BCUT2D eigenvalue weighted by molar-refractivity contribution is 5.68. The summed E-state index contributed by atoms with van der Waals surface area (Å²) in [6, 6.07) is 0. The highest BCUT2D eigenvalue weighted by Crippen LogP contribution is 2.11. The number of allylic oxidation sites excluding steroid dienone is 1. The molecule has 0 fully saturated rings. The van der Waals surface area contributed by atoms with E-state index in [1.807, 2.05) is 0 Å². The number of hydrogen-bond donors (Lipinski definition) is 2. The van der Waals surface area contributed by atoms with Crippen LogP contribution in [-0.2, 0) is 9.59 Å². The largest absolute Gasteiger partial charge is 0.481 e. The van der Waals surface area contributed by atoms with E-state index < -0.39 is 11.9 Å². The van der Waals surface area contributed by atoms with Crippen LogP contribution in [0.25, 0.3) is 0 Å². The molecule has 0 rings (SSSR count). The van der Waals surface area contributed by atoms with Crippen LogP contribution in [0.5, 0.6) is 0 Å². The van der Waals surface area contributed by atoms with Gasteiger partial charge in [-0.1, -0.05) is 6.08 Å². The molecule has 0 aliphatic rings. The lowest BCUT2D eigenvalue weighted by Crippen LogP contribution is -2.07. The number of rotatable bonds is 6. The van der Waals surface area contributed by atoms with Crippen molar-refractivity contribution < 1.29 is 19.8 Å². The number of hydrogen-bond acceptors (Lipinski definition) is 2. The Balaban J connectivity index is 3.75. The molecular weight excluding hydrogens is 160 g/mol. The highest BCUT2D eigenvalue weighted by Gasteiger charge is 2.10. The Kier molecular flexibility index (Phi) is 4.76. The number of carboxylic acid groups (broad SMARTS) is 2. The highest BCUT2D eigenvalue weighted by atomic mass is 16.4. The average molecular weight is 172 g/mol. The first-order valence-electron chi connectivity index (χ1n) is 3.62. The monoisotopic (exact) mass is 172 g/mol. The SMILES string of the molecule is C=CC(CCC(=O)O)CC(=O)O. The van der Waals surface area contributed by atoms with E-state index >= 15 is 0 Å². The molecular formula is C8H12O4. The first-order chi connectivity index (χ1) is 5.56. The molecule has 0 saturated heterocycles. The number of aliphatic carboxylic acids is 2. The van der Waals surface area contributed by atoms with Crippen LogP contribution >= 0.6 is 0 Å². The summed E-state index contributed by atoms with van der Waals surface area (Å²) in [5, 5.41) is 16.7. The van der Waals surface area contributed by atoms with E-state index in [1.54, 1.807) is 0 Å². The lowest BCUT2D eigenvalue weighted by atomic mass is 10.00. The third-order valence-electron chi connectivity index (χ3n) is 1.50. The first kappa shape index (κ1) is 10.7. The van der Waals surface area contributed by atoms with Gasteiger partial charge in [-0.25, -0.2) is 0 Å². The van der Waals surface area contributed by atoms with Crippen LogP contribution in [0.4, 0.5) is 0 Å². The van der Waals surface area contributed by atoms with Gasteiger partial charge in [-0.2, -0.15) is 0 Å². The average Bonchev–Trinajstić information content (AvgIpc) is 1.97. The predicted octanol–water partition coefficient (Wildman–Crippen LogP) is 1.13. The standard InChI is InChI=1S/C8H12O4/c1-2-6(5-8(11)12)3-4-7(9)10/h2,6H,1,3-5H2,(H,9,10)(H,11,12). The molecule has 0 bridgehead atoms. The molecule has 0 saturated carbocycles. The molecule has 0 heterocycles. The van der Waals surface area contributed by atoms with E-state index in [0.29, 0.717) is 6.42 Å². The summed E-state index contributed by atoms with van der Waals surface area (Å²) in [5.41, 5.74) is 0. The summed E-state index contributed by atoms with van der Waals surface area (Å²) in [5.74, 6) is -2.07. The van der Waals surface area contributed by atoms with Crippen LogP contribution in [-0.4, -0.2) is 22.2 Å². The molecule has 4 heteroatoms. The van der Waals surface area contributed by atoms with E-state index in [4.69, 9.17) is 10.2 Å². The zero-order valence-corrected chi connectivity index (χ0v) is 6.69. The fraction of sp³-hybridized carbons (Fsp3) is 0.500. The Labute approximate surface area is 70.5 Å². The maximum Gasteiger partial charge on any atom is 0.303 e. The summed E-state index contributed by atoms with van der Waals surface area (Å²) >= 11 is 0. The van der Waals surface area contributed by atoms with Crippen molar-refractivity contribution in [3.63, 3.8) is 0 Å². The first-order valence-corrected chi connectivity index (χ1v) is 3.62. The molecule has 68 valence electrons. The number of carbonyl (C=O) groups is 2. The van der Waals surface area contributed by atoms with Crippen molar-refractivity contribution in [1.29, 1.82) is 0 Å². The van der Waals surface area contributed by atoms with Gasteiger partial charge in [0.15, 0.2) is 0 Å². The smallest absolute Gasteiger partial charge is 0.303 e. The van der Waals surface area contributed by atoms with E-state index in [9.17, 15) is 9.59 Å². The minimum Gasteiger partial charge on any atom is -0.481 e. The van der Waals surface area contributed by atoms with Crippen molar-refractivity contribution in [2.45, 2.75) is 19.3 Å². The zero-order chi connectivity index (χ0) is 9.56. The summed E-state index contributed by atoms with van der Waals surface area (Å²) in [6.07, 6.45) is 1.77. The minimum absolute atomic E-state index is 0.00995. The maximum atomic E-state index is 10.2. The minimum atomic E-state index is -0.926. The van der Waals surface area contributed by atoms with Crippen LogP contribution in [0, 0.1) is 5.92 Å². The Morgan fingerprint density at radius 3 is 2.25 bits per heavy atom. The molecule has 0 aromatic rings. The van der Waals surface area contributed by atoms with Gasteiger partial charge in [-0.15, -0.1) is 6.58 Å². The van der Waals surface area contributed by atoms with Crippen molar-refractivity contribution in [3.05, 3.63) is 12.7 Å². The second-order valence-electron chi connectivity index (χ2n) is 2.53. The maximum absolute atomic E-state index is 10.2. The Hall–Kier alpha value is -1.32.